The SMILES string of the molecule is COCCN1CC[C@@H](C(=O)N2CCN(Cc3nonc3C)CC2)C1. The van der Waals surface area contributed by atoms with E-state index in [1.54, 1.807) is 7.11 Å². The van der Waals surface area contributed by atoms with Crippen molar-refractivity contribution in [3.8, 4) is 0 Å². The lowest BCUT2D eigenvalue weighted by molar-refractivity contribution is -0.137. The van der Waals surface area contributed by atoms with Crippen LogP contribution < -0.4 is 0 Å². The summed E-state index contributed by atoms with van der Waals surface area (Å²) in [5, 5.41) is 7.75. The molecule has 134 valence electrons. The van der Waals surface area contributed by atoms with Crippen LogP contribution in [0.3, 0.4) is 0 Å². The number of carbonyl (C=O) groups is 1. The van der Waals surface area contributed by atoms with Gasteiger partial charge in [-0.2, -0.15) is 0 Å². The average Bonchev–Trinajstić information content (AvgIpc) is 3.23. The summed E-state index contributed by atoms with van der Waals surface area (Å²) in [6, 6.07) is 0. The van der Waals surface area contributed by atoms with Gasteiger partial charge in [0.15, 0.2) is 0 Å². The van der Waals surface area contributed by atoms with Gasteiger partial charge in [-0.1, -0.05) is 10.3 Å². The number of carbonyl (C=O) groups excluding carboxylic acids is 1. The van der Waals surface area contributed by atoms with Crippen LogP contribution in [0.4, 0.5) is 0 Å². The second kappa shape index (κ2) is 8.04. The number of likely N-dealkylation sites (tertiary alicyclic amines) is 1. The number of amides is 1. The van der Waals surface area contributed by atoms with Gasteiger partial charge in [-0.15, -0.1) is 0 Å². The first kappa shape index (κ1) is 17.3. The molecule has 1 aromatic heterocycles. The molecule has 2 fully saturated rings. The maximum Gasteiger partial charge on any atom is 0.227 e. The van der Waals surface area contributed by atoms with Crippen LogP contribution in [0.25, 0.3) is 0 Å². The number of methoxy groups -OCH3 is 1. The van der Waals surface area contributed by atoms with E-state index in [1.165, 1.54) is 0 Å². The van der Waals surface area contributed by atoms with E-state index in [0.29, 0.717) is 5.91 Å². The first-order valence-corrected chi connectivity index (χ1v) is 8.68. The van der Waals surface area contributed by atoms with Crippen LogP contribution in [-0.2, 0) is 16.1 Å². The molecule has 2 saturated heterocycles. The largest absolute Gasteiger partial charge is 0.383 e. The molecule has 0 aromatic carbocycles. The van der Waals surface area contributed by atoms with E-state index in [4.69, 9.17) is 9.37 Å². The highest BCUT2D eigenvalue weighted by molar-refractivity contribution is 5.79. The fraction of sp³-hybridized carbons (Fsp3) is 0.812. The molecule has 0 N–H and O–H groups in total. The highest BCUT2D eigenvalue weighted by atomic mass is 16.6. The van der Waals surface area contributed by atoms with E-state index in [1.807, 2.05) is 11.8 Å². The van der Waals surface area contributed by atoms with Crippen molar-refractivity contribution in [1.29, 1.82) is 0 Å². The van der Waals surface area contributed by atoms with Gasteiger partial charge in [-0.3, -0.25) is 9.69 Å². The molecular formula is C16H27N5O3. The number of nitrogens with zero attached hydrogens (tertiary/aromatic N) is 5. The summed E-state index contributed by atoms with van der Waals surface area (Å²) in [5.41, 5.74) is 1.73. The van der Waals surface area contributed by atoms with Gasteiger partial charge >= 0.3 is 0 Å². The molecule has 1 atom stereocenters. The molecule has 8 heteroatoms. The summed E-state index contributed by atoms with van der Waals surface area (Å²) >= 11 is 0. The molecule has 1 aromatic rings. The fourth-order valence-corrected chi connectivity index (χ4v) is 3.45. The van der Waals surface area contributed by atoms with Crippen molar-refractivity contribution in [2.24, 2.45) is 5.92 Å². The molecule has 1 amide bonds. The molecule has 2 aliphatic rings. The molecule has 0 spiro atoms. The number of ether oxygens (including phenoxy) is 1. The molecule has 0 saturated carbocycles. The predicted molar refractivity (Wildman–Crippen MR) is 87.3 cm³/mol. The number of aryl methyl sites for hydroxylation is 1. The normalized spacial score (nSPS) is 23.1. The molecule has 3 rings (SSSR count). The lowest BCUT2D eigenvalue weighted by Gasteiger charge is -2.35. The minimum atomic E-state index is 0.149. The van der Waals surface area contributed by atoms with Crippen LogP contribution in [0, 0.1) is 12.8 Å². The van der Waals surface area contributed by atoms with E-state index in [-0.39, 0.29) is 5.92 Å². The van der Waals surface area contributed by atoms with Gasteiger partial charge in [-0.05, 0) is 19.9 Å². The number of hydrogen-bond acceptors (Lipinski definition) is 7. The van der Waals surface area contributed by atoms with E-state index < -0.39 is 0 Å². The lowest BCUT2D eigenvalue weighted by Crippen LogP contribution is -2.50. The molecule has 8 nitrogen and oxygen atoms in total. The summed E-state index contributed by atoms with van der Waals surface area (Å²) in [4.78, 5) is 19.4. The third-order valence-electron chi connectivity index (χ3n) is 5.04. The molecular weight excluding hydrogens is 310 g/mol. The minimum absolute atomic E-state index is 0.149. The fourth-order valence-electron chi connectivity index (χ4n) is 3.45. The van der Waals surface area contributed by atoms with Gasteiger partial charge in [0.2, 0.25) is 5.91 Å². The standard InChI is InChI=1S/C16H27N5O3/c1-13-15(18-24-17-13)12-20-5-7-21(8-6-20)16(22)14-3-4-19(11-14)9-10-23-2/h14H,3-12H2,1-2H3/t14-/m1/s1. The van der Waals surface area contributed by atoms with Crippen LogP contribution in [0.15, 0.2) is 4.63 Å². The summed E-state index contributed by atoms with van der Waals surface area (Å²) in [7, 11) is 1.72. The van der Waals surface area contributed by atoms with Gasteiger partial charge in [0.05, 0.1) is 12.5 Å². The average molecular weight is 337 g/mol. The Hall–Kier alpha value is -1.51. The van der Waals surface area contributed by atoms with Crippen LogP contribution in [-0.4, -0.2) is 90.5 Å². The molecule has 0 radical (unpaired) electrons. The van der Waals surface area contributed by atoms with Crippen molar-refractivity contribution in [3.05, 3.63) is 11.4 Å². The zero-order valence-electron chi connectivity index (χ0n) is 14.6. The van der Waals surface area contributed by atoms with Crippen LogP contribution in [0.2, 0.25) is 0 Å². The van der Waals surface area contributed by atoms with Crippen molar-refractivity contribution >= 4 is 5.91 Å². The van der Waals surface area contributed by atoms with Crippen molar-refractivity contribution < 1.29 is 14.2 Å². The Morgan fingerprint density at radius 1 is 1.21 bits per heavy atom. The van der Waals surface area contributed by atoms with E-state index in [9.17, 15) is 4.79 Å². The Morgan fingerprint density at radius 2 is 2.00 bits per heavy atom. The van der Waals surface area contributed by atoms with Gasteiger partial charge in [-0.25, -0.2) is 4.63 Å². The quantitative estimate of drug-likeness (QED) is 0.723. The monoisotopic (exact) mass is 337 g/mol. The van der Waals surface area contributed by atoms with Gasteiger partial charge in [0.25, 0.3) is 0 Å². The number of aromatic nitrogens is 2. The Kier molecular flexibility index (Phi) is 5.80. The number of hydrogen-bond donors (Lipinski definition) is 0. The Labute approximate surface area is 142 Å². The van der Waals surface area contributed by atoms with E-state index >= 15 is 0 Å². The minimum Gasteiger partial charge on any atom is -0.383 e. The first-order valence-electron chi connectivity index (χ1n) is 8.68. The highest BCUT2D eigenvalue weighted by Crippen LogP contribution is 2.20. The zero-order valence-corrected chi connectivity index (χ0v) is 14.6. The van der Waals surface area contributed by atoms with Gasteiger partial charge < -0.3 is 14.5 Å². The third kappa shape index (κ3) is 4.12. The van der Waals surface area contributed by atoms with Crippen molar-refractivity contribution in [2.75, 3.05) is 59.5 Å². The Bertz CT molecular complexity index is 542. The number of piperazine rings is 1. The predicted octanol–water partition coefficient (Wildman–Crippen LogP) is -0.00948. The third-order valence-corrected chi connectivity index (χ3v) is 5.04. The molecule has 0 aliphatic carbocycles. The van der Waals surface area contributed by atoms with Crippen molar-refractivity contribution in [2.45, 2.75) is 19.9 Å². The molecule has 2 aliphatic heterocycles. The van der Waals surface area contributed by atoms with Crippen molar-refractivity contribution in [3.63, 3.8) is 0 Å². The van der Waals surface area contributed by atoms with Crippen LogP contribution in [0.1, 0.15) is 17.8 Å². The number of rotatable bonds is 6. The Morgan fingerprint density at radius 3 is 2.67 bits per heavy atom. The van der Waals surface area contributed by atoms with Crippen LogP contribution >= 0.6 is 0 Å². The second-order valence-electron chi connectivity index (χ2n) is 6.68. The van der Waals surface area contributed by atoms with E-state index in [0.717, 1.165) is 76.8 Å². The van der Waals surface area contributed by atoms with Crippen molar-refractivity contribution in [1.82, 2.24) is 25.0 Å². The van der Waals surface area contributed by atoms with Gasteiger partial charge in [0.1, 0.15) is 11.4 Å². The topological polar surface area (TPSA) is 74.9 Å². The molecule has 3 heterocycles. The molecule has 24 heavy (non-hydrogen) atoms. The summed E-state index contributed by atoms with van der Waals surface area (Å²) in [6.45, 7) is 9.48. The smallest absolute Gasteiger partial charge is 0.227 e. The maximum atomic E-state index is 12.7. The maximum absolute atomic E-state index is 12.7. The highest BCUT2D eigenvalue weighted by Gasteiger charge is 2.32. The first-order chi connectivity index (χ1) is 11.7. The summed E-state index contributed by atoms with van der Waals surface area (Å²) < 4.78 is 9.87. The molecule has 0 unspecified atom stereocenters. The Balaban J connectivity index is 1.43. The second-order valence-corrected chi connectivity index (χ2v) is 6.68. The summed E-state index contributed by atoms with van der Waals surface area (Å²) in [5.74, 6) is 0.462. The van der Waals surface area contributed by atoms with Crippen LogP contribution in [0.5, 0.6) is 0 Å². The van der Waals surface area contributed by atoms with E-state index in [2.05, 4.69) is 20.1 Å². The molecule has 0 bridgehead atoms. The van der Waals surface area contributed by atoms with Gasteiger partial charge in [0, 0.05) is 52.9 Å². The summed E-state index contributed by atoms with van der Waals surface area (Å²) in [6.07, 6.45) is 0.965. The zero-order chi connectivity index (χ0) is 16.9. The lowest BCUT2D eigenvalue weighted by atomic mass is 10.1.